The lowest BCUT2D eigenvalue weighted by Crippen LogP contribution is -2.16. The van der Waals surface area contributed by atoms with Crippen LogP contribution >= 0.6 is 11.3 Å². The summed E-state index contributed by atoms with van der Waals surface area (Å²) < 4.78 is 48.1. The van der Waals surface area contributed by atoms with Crippen molar-refractivity contribution in [2.45, 2.75) is 10.8 Å². The lowest BCUT2D eigenvalue weighted by molar-refractivity contribution is 0.507. The molecule has 1 aromatic heterocycles. The summed E-state index contributed by atoms with van der Waals surface area (Å²) in [5.41, 5.74) is 0.541. The van der Waals surface area contributed by atoms with Crippen LogP contribution in [-0.2, 0) is 16.6 Å². The second-order valence-electron chi connectivity index (χ2n) is 4.11. The molecule has 0 fully saturated rings. The summed E-state index contributed by atoms with van der Waals surface area (Å²) in [4.78, 5) is 5.55. The molecule has 0 unspecified atom stereocenters. The van der Waals surface area contributed by atoms with Gasteiger partial charge in [-0.15, -0.1) is 0 Å². The lowest BCUT2D eigenvalue weighted by Gasteiger charge is -2.15. The number of hydrogen-bond acceptors (Lipinski definition) is 5. The summed E-state index contributed by atoms with van der Waals surface area (Å²) >= 11 is 0.909. The number of sulfonamides is 1. The quantitative estimate of drug-likeness (QED) is 0.930. The molecule has 0 spiro atoms. The van der Waals surface area contributed by atoms with Gasteiger partial charge in [0.25, 0.3) is 0 Å². The molecule has 1 aromatic carbocycles. The van der Waals surface area contributed by atoms with Gasteiger partial charge in [0.2, 0.25) is 10.0 Å². The molecule has 0 aliphatic carbocycles. The maximum Gasteiger partial charge on any atom is 0.249 e. The number of halogens is 2. The SMILES string of the molecule is CN(Cc1ccc(F)c(F)c1)c1ncc(S(N)(=O)=O)s1. The third kappa shape index (κ3) is 3.30. The van der Waals surface area contributed by atoms with E-state index in [-0.39, 0.29) is 10.8 Å². The van der Waals surface area contributed by atoms with Gasteiger partial charge in [-0.2, -0.15) is 0 Å². The van der Waals surface area contributed by atoms with Gasteiger partial charge in [-0.1, -0.05) is 17.4 Å². The molecule has 0 saturated heterocycles. The molecule has 0 bridgehead atoms. The van der Waals surface area contributed by atoms with E-state index in [9.17, 15) is 17.2 Å². The van der Waals surface area contributed by atoms with Crippen molar-refractivity contribution in [1.29, 1.82) is 0 Å². The fourth-order valence-corrected chi connectivity index (χ4v) is 3.04. The Balaban J connectivity index is 2.17. The Kier molecular flexibility index (Phi) is 4.02. The number of benzene rings is 1. The van der Waals surface area contributed by atoms with Crippen LogP contribution in [0.25, 0.3) is 0 Å². The molecule has 2 N–H and O–H groups in total. The summed E-state index contributed by atoms with van der Waals surface area (Å²) in [7, 11) is -2.12. The molecule has 9 heteroatoms. The topological polar surface area (TPSA) is 76.3 Å². The van der Waals surface area contributed by atoms with Crippen molar-refractivity contribution in [3.05, 3.63) is 41.6 Å². The van der Waals surface area contributed by atoms with Gasteiger partial charge in [0.15, 0.2) is 21.0 Å². The van der Waals surface area contributed by atoms with Crippen molar-refractivity contribution in [1.82, 2.24) is 4.98 Å². The monoisotopic (exact) mass is 319 g/mol. The molecule has 0 atom stereocenters. The standard InChI is InChI=1S/C11H11F2N3O2S2/c1-16(6-7-2-3-8(12)9(13)4-7)11-15-5-10(19-11)20(14,17)18/h2-5H,6H2,1H3,(H2,14,17,18). The predicted octanol–water partition coefficient (Wildman–Crippen LogP) is 1.71. The molecule has 20 heavy (non-hydrogen) atoms. The molecular formula is C11H11F2N3O2S2. The summed E-state index contributed by atoms with van der Waals surface area (Å²) in [5, 5.41) is 5.41. The number of thiazole rings is 1. The number of nitrogens with two attached hydrogens (primary N) is 1. The molecule has 0 amide bonds. The van der Waals surface area contributed by atoms with E-state index in [1.165, 1.54) is 6.07 Å². The van der Waals surface area contributed by atoms with E-state index in [4.69, 9.17) is 5.14 Å². The summed E-state index contributed by atoms with van der Waals surface area (Å²) in [5.74, 6) is -1.84. The van der Waals surface area contributed by atoms with E-state index in [1.54, 1.807) is 11.9 Å². The van der Waals surface area contributed by atoms with Gasteiger partial charge in [0, 0.05) is 13.6 Å². The van der Waals surface area contributed by atoms with E-state index in [1.807, 2.05) is 0 Å². The minimum Gasteiger partial charge on any atom is -0.347 e. The maximum absolute atomic E-state index is 13.1. The Morgan fingerprint density at radius 3 is 2.60 bits per heavy atom. The van der Waals surface area contributed by atoms with E-state index in [0.29, 0.717) is 10.7 Å². The first kappa shape index (κ1) is 14.8. The Labute approximate surface area is 118 Å². The zero-order valence-corrected chi connectivity index (χ0v) is 12.0. The van der Waals surface area contributed by atoms with Crippen molar-refractivity contribution in [3.63, 3.8) is 0 Å². The van der Waals surface area contributed by atoms with Crippen molar-refractivity contribution in [3.8, 4) is 0 Å². The highest BCUT2D eigenvalue weighted by molar-refractivity contribution is 7.91. The minimum atomic E-state index is -3.78. The molecule has 0 radical (unpaired) electrons. The normalized spacial score (nSPS) is 11.6. The fourth-order valence-electron chi connectivity index (χ4n) is 1.54. The Bertz CT molecular complexity index is 731. The molecule has 1 heterocycles. The number of rotatable bonds is 4. The van der Waals surface area contributed by atoms with Gasteiger partial charge in [-0.3, -0.25) is 0 Å². The van der Waals surface area contributed by atoms with Crippen LogP contribution in [-0.4, -0.2) is 20.4 Å². The molecule has 0 aliphatic rings. The van der Waals surface area contributed by atoms with Crippen molar-refractivity contribution in [2.75, 3.05) is 11.9 Å². The van der Waals surface area contributed by atoms with Crippen LogP contribution < -0.4 is 10.0 Å². The van der Waals surface area contributed by atoms with Crippen LogP contribution in [0.5, 0.6) is 0 Å². The molecular weight excluding hydrogens is 308 g/mol. The number of anilines is 1. The zero-order valence-electron chi connectivity index (χ0n) is 10.4. The summed E-state index contributed by atoms with van der Waals surface area (Å²) in [6.07, 6.45) is 1.16. The smallest absolute Gasteiger partial charge is 0.249 e. The van der Waals surface area contributed by atoms with Gasteiger partial charge < -0.3 is 4.90 Å². The largest absolute Gasteiger partial charge is 0.347 e. The Hall–Kier alpha value is -1.58. The molecule has 0 saturated carbocycles. The van der Waals surface area contributed by atoms with Crippen LogP contribution in [0.3, 0.4) is 0 Å². The van der Waals surface area contributed by atoms with Crippen LogP contribution in [0, 0.1) is 11.6 Å². The number of primary sulfonamides is 1. The second kappa shape index (κ2) is 5.43. The molecule has 5 nitrogen and oxygen atoms in total. The van der Waals surface area contributed by atoms with Crippen molar-refractivity contribution >= 4 is 26.5 Å². The third-order valence-corrected chi connectivity index (χ3v) is 5.00. The molecule has 2 aromatic rings. The highest BCUT2D eigenvalue weighted by Gasteiger charge is 2.15. The first-order valence-corrected chi connectivity index (χ1v) is 7.77. The zero-order chi connectivity index (χ0) is 14.9. The number of nitrogens with zero attached hydrogens (tertiary/aromatic N) is 2. The summed E-state index contributed by atoms with van der Waals surface area (Å²) in [6, 6.07) is 3.57. The lowest BCUT2D eigenvalue weighted by atomic mass is 10.2. The predicted molar refractivity (Wildman–Crippen MR) is 72.0 cm³/mol. The third-order valence-electron chi connectivity index (χ3n) is 2.48. The summed E-state index contributed by atoms with van der Waals surface area (Å²) in [6.45, 7) is 0.259. The van der Waals surface area contributed by atoms with Gasteiger partial charge in [-0.05, 0) is 17.7 Å². The van der Waals surface area contributed by atoms with Gasteiger partial charge >= 0.3 is 0 Å². The Morgan fingerprint density at radius 1 is 1.35 bits per heavy atom. The average Bonchev–Trinajstić information content (AvgIpc) is 2.83. The highest BCUT2D eigenvalue weighted by Crippen LogP contribution is 2.25. The number of aromatic nitrogens is 1. The van der Waals surface area contributed by atoms with E-state index >= 15 is 0 Å². The van der Waals surface area contributed by atoms with E-state index in [0.717, 1.165) is 29.7 Å². The first-order chi connectivity index (χ1) is 9.27. The van der Waals surface area contributed by atoms with Crippen molar-refractivity contribution < 1.29 is 17.2 Å². The molecule has 108 valence electrons. The van der Waals surface area contributed by atoms with Crippen LogP contribution in [0.15, 0.2) is 28.6 Å². The van der Waals surface area contributed by atoms with Crippen LogP contribution in [0.4, 0.5) is 13.9 Å². The average molecular weight is 319 g/mol. The number of hydrogen-bond donors (Lipinski definition) is 1. The Morgan fingerprint density at radius 2 is 2.05 bits per heavy atom. The van der Waals surface area contributed by atoms with Gasteiger partial charge in [-0.25, -0.2) is 27.3 Å². The van der Waals surface area contributed by atoms with Gasteiger partial charge in [0.1, 0.15) is 0 Å². The van der Waals surface area contributed by atoms with Gasteiger partial charge in [0.05, 0.1) is 6.20 Å². The van der Waals surface area contributed by atoms with Crippen LogP contribution in [0.2, 0.25) is 0 Å². The van der Waals surface area contributed by atoms with E-state index in [2.05, 4.69) is 4.98 Å². The van der Waals surface area contributed by atoms with Crippen LogP contribution in [0.1, 0.15) is 5.56 Å². The molecule has 2 rings (SSSR count). The fraction of sp³-hybridized carbons (Fsp3) is 0.182. The molecule has 0 aliphatic heterocycles. The second-order valence-corrected chi connectivity index (χ2v) is 6.91. The first-order valence-electron chi connectivity index (χ1n) is 5.41. The van der Waals surface area contributed by atoms with E-state index < -0.39 is 21.7 Å². The minimum absolute atomic E-state index is 0.0513. The highest BCUT2D eigenvalue weighted by atomic mass is 32.2. The maximum atomic E-state index is 13.1. The van der Waals surface area contributed by atoms with Crippen molar-refractivity contribution in [2.24, 2.45) is 5.14 Å².